The molecule has 21 heavy (non-hydrogen) atoms. The van der Waals surface area contributed by atoms with Crippen molar-refractivity contribution in [1.82, 2.24) is 9.88 Å². The van der Waals surface area contributed by atoms with Gasteiger partial charge >= 0.3 is 0 Å². The number of nitrogens with zero attached hydrogens (tertiary/aromatic N) is 2. The lowest BCUT2D eigenvalue weighted by atomic mass is 9.96. The molecule has 1 aromatic carbocycles. The molecule has 0 spiro atoms. The minimum Gasteiger partial charge on any atom is -0.329 e. The molecule has 2 aromatic rings. The molecule has 1 aliphatic rings. The highest BCUT2D eigenvalue weighted by atomic mass is 15.2. The summed E-state index contributed by atoms with van der Waals surface area (Å²) in [6, 6.07) is 11.1. The molecule has 1 aromatic heterocycles. The second-order valence-corrected chi connectivity index (χ2v) is 6.77. The molecule has 0 aliphatic carbocycles. The van der Waals surface area contributed by atoms with Crippen molar-refractivity contribution in [2.75, 3.05) is 13.1 Å². The Morgan fingerprint density at radius 3 is 2.76 bits per heavy atom. The number of likely N-dealkylation sites (tertiary alicyclic amines) is 1. The zero-order chi connectivity index (χ0) is 15.0. The van der Waals surface area contributed by atoms with Crippen LogP contribution in [0.1, 0.15) is 44.0 Å². The van der Waals surface area contributed by atoms with Crippen molar-refractivity contribution in [3.63, 3.8) is 0 Å². The minimum absolute atomic E-state index is 0.241. The Morgan fingerprint density at radius 1 is 1.29 bits per heavy atom. The van der Waals surface area contributed by atoms with Crippen LogP contribution in [-0.4, -0.2) is 28.5 Å². The average molecular weight is 283 g/mol. The number of aromatic nitrogens is 1. The third-order valence-electron chi connectivity index (χ3n) is 4.80. The lowest BCUT2D eigenvalue weighted by Crippen LogP contribution is -2.43. The van der Waals surface area contributed by atoms with Gasteiger partial charge in [0.05, 0.1) is 5.52 Å². The van der Waals surface area contributed by atoms with Crippen LogP contribution >= 0.6 is 0 Å². The van der Waals surface area contributed by atoms with Crippen molar-refractivity contribution in [2.24, 2.45) is 5.73 Å². The first kappa shape index (κ1) is 14.5. The molecule has 3 rings (SSSR count). The molecule has 1 saturated heterocycles. The monoisotopic (exact) mass is 283 g/mol. The van der Waals surface area contributed by atoms with Crippen molar-refractivity contribution in [2.45, 2.75) is 45.2 Å². The summed E-state index contributed by atoms with van der Waals surface area (Å²) in [6.07, 6.45) is 2.51. The molecular weight excluding hydrogens is 258 g/mol. The van der Waals surface area contributed by atoms with Crippen LogP contribution in [0, 0.1) is 6.92 Å². The fraction of sp³-hybridized carbons (Fsp3) is 0.500. The van der Waals surface area contributed by atoms with E-state index in [1.807, 2.05) is 6.92 Å². The number of hydrogen-bond acceptors (Lipinski definition) is 3. The van der Waals surface area contributed by atoms with Crippen LogP contribution in [0.2, 0.25) is 0 Å². The second-order valence-electron chi connectivity index (χ2n) is 6.77. The molecule has 0 saturated carbocycles. The van der Waals surface area contributed by atoms with E-state index in [0.717, 1.165) is 17.8 Å². The smallest absolute Gasteiger partial charge is 0.0705 e. The van der Waals surface area contributed by atoms with E-state index in [2.05, 4.69) is 54.1 Å². The van der Waals surface area contributed by atoms with Gasteiger partial charge in [-0.05, 0) is 63.9 Å². The van der Waals surface area contributed by atoms with Crippen molar-refractivity contribution in [3.05, 3.63) is 41.6 Å². The number of nitrogens with two attached hydrogens (primary N) is 1. The Hall–Kier alpha value is -1.45. The van der Waals surface area contributed by atoms with Gasteiger partial charge in [-0.15, -0.1) is 0 Å². The van der Waals surface area contributed by atoms with Crippen LogP contribution in [0.25, 0.3) is 10.9 Å². The van der Waals surface area contributed by atoms with E-state index in [1.165, 1.54) is 23.8 Å². The maximum Gasteiger partial charge on any atom is 0.0705 e. The average Bonchev–Trinajstić information content (AvgIpc) is 2.80. The summed E-state index contributed by atoms with van der Waals surface area (Å²) >= 11 is 0. The van der Waals surface area contributed by atoms with Crippen molar-refractivity contribution in [1.29, 1.82) is 0 Å². The topological polar surface area (TPSA) is 42.1 Å². The Labute approximate surface area is 127 Å². The Balaban J connectivity index is 1.99. The SMILES string of the molecule is Cc1ccc2cc(C(CN)N3CCCC3(C)C)ccc2n1. The number of rotatable bonds is 3. The fourth-order valence-corrected chi connectivity index (χ4v) is 3.60. The summed E-state index contributed by atoms with van der Waals surface area (Å²) in [5, 5.41) is 1.20. The summed E-state index contributed by atoms with van der Waals surface area (Å²) in [5.41, 5.74) is 9.79. The van der Waals surface area contributed by atoms with Crippen LogP contribution in [0.15, 0.2) is 30.3 Å². The molecule has 1 unspecified atom stereocenters. The molecule has 3 nitrogen and oxygen atoms in total. The highest BCUT2D eigenvalue weighted by Gasteiger charge is 2.36. The first-order chi connectivity index (χ1) is 10.0. The lowest BCUT2D eigenvalue weighted by Gasteiger charge is -2.38. The standard InChI is InChI=1S/C18H25N3/c1-13-5-6-14-11-15(7-8-16(14)20-13)17(12-19)21-10-4-9-18(21,2)3/h5-8,11,17H,4,9-10,12,19H2,1-3H3. The quantitative estimate of drug-likeness (QED) is 0.938. The van der Waals surface area contributed by atoms with Gasteiger partial charge in [0.25, 0.3) is 0 Å². The van der Waals surface area contributed by atoms with E-state index in [-0.39, 0.29) is 5.54 Å². The summed E-state index contributed by atoms with van der Waals surface area (Å²) in [4.78, 5) is 7.15. The van der Waals surface area contributed by atoms with Crippen molar-refractivity contribution in [3.8, 4) is 0 Å². The first-order valence-electron chi connectivity index (χ1n) is 7.85. The van der Waals surface area contributed by atoms with E-state index in [0.29, 0.717) is 12.6 Å². The molecule has 2 N–H and O–H groups in total. The van der Waals surface area contributed by atoms with Crippen LogP contribution in [0.4, 0.5) is 0 Å². The molecular formula is C18H25N3. The third-order valence-corrected chi connectivity index (χ3v) is 4.80. The zero-order valence-electron chi connectivity index (χ0n) is 13.3. The molecule has 0 radical (unpaired) electrons. The van der Waals surface area contributed by atoms with Gasteiger partial charge in [-0.2, -0.15) is 0 Å². The largest absolute Gasteiger partial charge is 0.329 e. The number of aryl methyl sites for hydroxylation is 1. The second kappa shape index (κ2) is 5.39. The van der Waals surface area contributed by atoms with Crippen LogP contribution in [-0.2, 0) is 0 Å². The molecule has 3 heteroatoms. The molecule has 1 aliphatic heterocycles. The minimum atomic E-state index is 0.241. The summed E-state index contributed by atoms with van der Waals surface area (Å²) in [6.45, 7) is 8.49. The molecule has 1 atom stereocenters. The van der Waals surface area contributed by atoms with Gasteiger partial charge in [0, 0.05) is 29.2 Å². The Kier molecular flexibility index (Phi) is 3.72. The summed E-state index contributed by atoms with van der Waals surface area (Å²) in [5.74, 6) is 0. The summed E-state index contributed by atoms with van der Waals surface area (Å²) < 4.78 is 0. The Morgan fingerprint density at radius 2 is 2.10 bits per heavy atom. The number of hydrogen-bond donors (Lipinski definition) is 1. The van der Waals surface area contributed by atoms with Crippen molar-refractivity contribution < 1.29 is 0 Å². The number of fused-ring (bicyclic) bond motifs is 1. The summed E-state index contributed by atoms with van der Waals surface area (Å²) in [7, 11) is 0. The highest BCUT2D eigenvalue weighted by Crippen LogP contribution is 2.36. The third kappa shape index (κ3) is 2.68. The zero-order valence-corrected chi connectivity index (χ0v) is 13.3. The lowest BCUT2D eigenvalue weighted by molar-refractivity contribution is 0.119. The van der Waals surface area contributed by atoms with Gasteiger partial charge in [-0.3, -0.25) is 9.88 Å². The number of benzene rings is 1. The van der Waals surface area contributed by atoms with E-state index in [1.54, 1.807) is 0 Å². The molecule has 1 fully saturated rings. The van der Waals surface area contributed by atoms with Gasteiger partial charge in [-0.1, -0.05) is 12.1 Å². The fourth-order valence-electron chi connectivity index (χ4n) is 3.60. The van der Waals surface area contributed by atoms with Gasteiger partial charge in [0.2, 0.25) is 0 Å². The number of pyridine rings is 1. The normalized spacial score (nSPS) is 20.0. The first-order valence-corrected chi connectivity index (χ1v) is 7.85. The van der Waals surface area contributed by atoms with E-state index >= 15 is 0 Å². The van der Waals surface area contributed by atoms with Crippen molar-refractivity contribution >= 4 is 10.9 Å². The molecule has 0 bridgehead atoms. The Bertz CT molecular complexity index is 648. The molecule has 112 valence electrons. The van der Waals surface area contributed by atoms with Crippen LogP contribution in [0.5, 0.6) is 0 Å². The van der Waals surface area contributed by atoms with E-state index in [4.69, 9.17) is 5.73 Å². The predicted octanol–water partition coefficient (Wildman–Crippen LogP) is 3.42. The highest BCUT2D eigenvalue weighted by molar-refractivity contribution is 5.79. The maximum atomic E-state index is 6.12. The maximum absolute atomic E-state index is 6.12. The van der Waals surface area contributed by atoms with E-state index in [9.17, 15) is 0 Å². The predicted molar refractivity (Wildman–Crippen MR) is 88.3 cm³/mol. The van der Waals surface area contributed by atoms with Crippen LogP contribution in [0.3, 0.4) is 0 Å². The van der Waals surface area contributed by atoms with E-state index < -0.39 is 0 Å². The van der Waals surface area contributed by atoms with Gasteiger partial charge in [-0.25, -0.2) is 0 Å². The molecule has 0 amide bonds. The molecule has 2 heterocycles. The van der Waals surface area contributed by atoms with Gasteiger partial charge < -0.3 is 5.73 Å². The van der Waals surface area contributed by atoms with Gasteiger partial charge in [0.15, 0.2) is 0 Å². The van der Waals surface area contributed by atoms with Crippen LogP contribution < -0.4 is 5.73 Å². The van der Waals surface area contributed by atoms with Gasteiger partial charge in [0.1, 0.15) is 0 Å².